The fraction of sp³-hybridized carbons (Fsp3) is 0.500. The number of rotatable bonds is 2. The van der Waals surface area contributed by atoms with E-state index in [1.807, 2.05) is 30.3 Å². The summed E-state index contributed by atoms with van der Waals surface area (Å²) in [4.78, 5) is 0.837. The summed E-state index contributed by atoms with van der Waals surface area (Å²) in [6.07, 6.45) is 3.43. The zero-order valence-electron chi connectivity index (χ0n) is 8.63. The van der Waals surface area contributed by atoms with Crippen molar-refractivity contribution in [3.8, 4) is 0 Å². The van der Waals surface area contributed by atoms with Gasteiger partial charge in [0.05, 0.1) is 22.2 Å². The van der Waals surface area contributed by atoms with Crippen LogP contribution in [-0.2, 0) is 10.8 Å². The fourth-order valence-corrected chi connectivity index (χ4v) is 3.63. The van der Waals surface area contributed by atoms with Crippen LogP contribution in [0.5, 0.6) is 0 Å². The number of aliphatic hydroxyl groups excluding tert-OH is 1. The Kier molecular flexibility index (Phi) is 3.54. The summed E-state index contributed by atoms with van der Waals surface area (Å²) in [5, 5.41) is 9.74. The highest BCUT2D eigenvalue weighted by Gasteiger charge is 2.28. The molecule has 1 fully saturated rings. The van der Waals surface area contributed by atoms with Gasteiger partial charge in [-0.2, -0.15) is 0 Å². The van der Waals surface area contributed by atoms with E-state index < -0.39 is 10.8 Å². The molecule has 0 aliphatic heterocycles. The molecule has 1 N–H and O–H groups in total. The molecule has 1 aliphatic carbocycles. The van der Waals surface area contributed by atoms with E-state index in [2.05, 4.69) is 0 Å². The van der Waals surface area contributed by atoms with Crippen molar-refractivity contribution in [3.05, 3.63) is 30.3 Å². The van der Waals surface area contributed by atoms with Crippen LogP contribution in [0.3, 0.4) is 0 Å². The molecule has 3 unspecified atom stereocenters. The van der Waals surface area contributed by atoms with Gasteiger partial charge in [-0.25, -0.2) is 0 Å². The lowest BCUT2D eigenvalue weighted by Gasteiger charge is -2.26. The van der Waals surface area contributed by atoms with Crippen LogP contribution >= 0.6 is 0 Å². The van der Waals surface area contributed by atoms with Crippen molar-refractivity contribution in [2.45, 2.75) is 41.9 Å². The van der Waals surface area contributed by atoms with Crippen molar-refractivity contribution in [1.82, 2.24) is 0 Å². The van der Waals surface area contributed by atoms with Crippen LogP contribution in [-0.4, -0.2) is 20.7 Å². The molecule has 0 heterocycles. The lowest BCUT2D eigenvalue weighted by Crippen LogP contribution is -2.33. The van der Waals surface area contributed by atoms with Crippen molar-refractivity contribution in [1.29, 1.82) is 0 Å². The molecule has 1 saturated carbocycles. The number of hydrogen-bond donors (Lipinski definition) is 1. The van der Waals surface area contributed by atoms with Crippen molar-refractivity contribution in [2.24, 2.45) is 0 Å². The molecular formula is C12H16O2S. The van der Waals surface area contributed by atoms with Crippen LogP contribution in [0.15, 0.2) is 35.2 Å². The maximum absolute atomic E-state index is 12.2. The minimum Gasteiger partial charge on any atom is -0.392 e. The summed E-state index contributed by atoms with van der Waals surface area (Å²) in [5.41, 5.74) is 0. The zero-order valence-corrected chi connectivity index (χ0v) is 9.45. The topological polar surface area (TPSA) is 37.3 Å². The summed E-state index contributed by atoms with van der Waals surface area (Å²) >= 11 is 0. The number of benzene rings is 1. The van der Waals surface area contributed by atoms with E-state index in [9.17, 15) is 9.32 Å². The van der Waals surface area contributed by atoms with Crippen molar-refractivity contribution < 1.29 is 9.32 Å². The second kappa shape index (κ2) is 4.90. The van der Waals surface area contributed by atoms with Crippen molar-refractivity contribution in [3.63, 3.8) is 0 Å². The third-order valence-corrected chi connectivity index (χ3v) is 4.75. The minimum atomic E-state index is -1.05. The molecule has 3 heteroatoms. The van der Waals surface area contributed by atoms with Gasteiger partial charge in [-0.05, 0) is 25.0 Å². The van der Waals surface area contributed by atoms with Gasteiger partial charge >= 0.3 is 0 Å². The predicted octanol–water partition coefficient (Wildman–Crippen LogP) is 2.10. The van der Waals surface area contributed by atoms with E-state index in [1.165, 1.54) is 0 Å². The summed E-state index contributed by atoms with van der Waals surface area (Å²) in [6.45, 7) is 0. The van der Waals surface area contributed by atoms with Crippen LogP contribution in [0.2, 0.25) is 0 Å². The second-order valence-corrected chi connectivity index (χ2v) is 5.67. The maximum Gasteiger partial charge on any atom is 0.0687 e. The van der Waals surface area contributed by atoms with Gasteiger partial charge in [0.2, 0.25) is 0 Å². The Labute approximate surface area is 92.8 Å². The highest BCUT2D eigenvalue weighted by atomic mass is 32.2. The average molecular weight is 224 g/mol. The van der Waals surface area contributed by atoms with E-state index in [-0.39, 0.29) is 11.4 Å². The Morgan fingerprint density at radius 2 is 1.80 bits per heavy atom. The van der Waals surface area contributed by atoms with E-state index in [0.29, 0.717) is 0 Å². The Bertz CT molecular complexity index is 337. The molecule has 0 radical (unpaired) electrons. The van der Waals surface area contributed by atoms with E-state index in [0.717, 1.165) is 30.6 Å². The van der Waals surface area contributed by atoms with Gasteiger partial charge < -0.3 is 5.11 Å². The first-order valence-corrected chi connectivity index (χ1v) is 6.64. The van der Waals surface area contributed by atoms with Crippen molar-refractivity contribution in [2.75, 3.05) is 0 Å². The Hall–Kier alpha value is -0.670. The smallest absolute Gasteiger partial charge is 0.0687 e. The maximum atomic E-state index is 12.2. The third-order valence-electron chi connectivity index (χ3n) is 2.92. The van der Waals surface area contributed by atoms with Crippen LogP contribution in [0, 0.1) is 0 Å². The molecule has 3 atom stereocenters. The van der Waals surface area contributed by atoms with Gasteiger partial charge in [-0.1, -0.05) is 31.0 Å². The first-order chi connectivity index (χ1) is 7.29. The highest BCUT2D eigenvalue weighted by molar-refractivity contribution is 7.85. The van der Waals surface area contributed by atoms with Gasteiger partial charge in [0.15, 0.2) is 0 Å². The highest BCUT2D eigenvalue weighted by Crippen LogP contribution is 2.26. The average Bonchev–Trinajstić information content (AvgIpc) is 2.30. The van der Waals surface area contributed by atoms with Crippen LogP contribution in [0.4, 0.5) is 0 Å². The molecule has 0 aromatic heterocycles. The van der Waals surface area contributed by atoms with E-state index in [1.54, 1.807) is 0 Å². The molecule has 0 spiro atoms. The lowest BCUT2D eigenvalue weighted by molar-refractivity contribution is 0.135. The molecule has 15 heavy (non-hydrogen) atoms. The molecule has 1 aliphatic rings. The molecule has 2 rings (SSSR count). The van der Waals surface area contributed by atoms with E-state index >= 15 is 0 Å². The number of hydrogen-bond acceptors (Lipinski definition) is 2. The van der Waals surface area contributed by atoms with Crippen LogP contribution in [0.25, 0.3) is 0 Å². The van der Waals surface area contributed by atoms with Gasteiger partial charge in [0.25, 0.3) is 0 Å². The van der Waals surface area contributed by atoms with E-state index in [4.69, 9.17) is 0 Å². The Morgan fingerprint density at radius 3 is 2.47 bits per heavy atom. The standard InChI is InChI=1S/C12H16O2S/c13-11-8-4-5-9-12(11)15(14)10-6-2-1-3-7-10/h1-3,6-7,11-13H,4-5,8-9H2. The molecule has 1 aromatic rings. The Morgan fingerprint density at radius 1 is 1.13 bits per heavy atom. The normalized spacial score (nSPS) is 28.6. The summed E-state index contributed by atoms with van der Waals surface area (Å²) < 4.78 is 12.2. The third kappa shape index (κ3) is 2.47. The summed E-state index contributed by atoms with van der Waals surface area (Å²) in [6, 6.07) is 9.44. The fourth-order valence-electron chi connectivity index (χ4n) is 2.06. The molecule has 2 nitrogen and oxygen atoms in total. The molecule has 0 bridgehead atoms. The largest absolute Gasteiger partial charge is 0.392 e. The van der Waals surface area contributed by atoms with Gasteiger partial charge in [-0.3, -0.25) is 4.21 Å². The van der Waals surface area contributed by atoms with Gasteiger partial charge in [-0.15, -0.1) is 0 Å². The molecule has 0 amide bonds. The van der Waals surface area contributed by atoms with Crippen LogP contribution < -0.4 is 0 Å². The summed E-state index contributed by atoms with van der Waals surface area (Å²) in [7, 11) is -1.05. The van der Waals surface area contributed by atoms with Crippen molar-refractivity contribution >= 4 is 10.8 Å². The first-order valence-electron chi connectivity index (χ1n) is 5.43. The van der Waals surface area contributed by atoms with Gasteiger partial charge in [0, 0.05) is 4.90 Å². The second-order valence-electron chi connectivity index (χ2n) is 4.00. The lowest BCUT2D eigenvalue weighted by atomic mass is 9.97. The molecule has 0 saturated heterocycles. The minimum absolute atomic E-state index is 0.0684. The molecule has 82 valence electrons. The monoisotopic (exact) mass is 224 g/mol. The number of aliphatic hydroxyl groups is 1. The van der Waals surface area contributed by atoms with Crippen LogP contribution in [0.1, 0.15) is 25.7 Å². The predicted molar refractivity (Wildman–Crippen MR) is 61.1 cm³/mol. The Balaban J connectivity index is 2.13. The molecular weight excluding hydrogens is 208 g/mol. The zero-order chi connectivity index (χ0) is 10.7. The molecule has 1 aromatic carbocycles. The SMILES string of the molecule is O=S(c1ccccc1)C1CCCCC1O. The van der Waals surface area contributed by atoms with Gasteiger partial charge in [0.1, 0.15) is 0 Å². The summed E-state index contributed by atoms with van der Waals surface area (Å²) in [5.74, 6) is 0. The quantitative estimate of drug-likeness (QED) is 0.835. The first kappa shape index (κ1) is 10.8.